The highest BCUT2D eigenvalue weighted by Gasteiger charge is 2.26. The number of amides is 1. The van der Waals surface area contributed by atoms with Crippen LogP contribution in [-0.2, 0) is 17.9 Å². The molecule has 0 bridgehead atoms. The Morgan fingerprint density at radius 3 is 2.77 bits per heavy atom. The summed E-state index contributed by atoms with van der Waals surface area (Å²) in [5, 5.41) is 7.15. The van der Waals surface area contributed by atoms with Crippen molar-refractivity contribution in [1.82, 2.24) is 20.4 Å². The molecule has 1 aliphatic heterocycles. The molecule has 7 nitrogen and oxygen atoms in total. The van der Waals surface area contributed by atoms with E-state index in [9.17, 15) is 4.79 Å². The predicted molar refractivity (Wildman–Crippen MR) is 113 cm³/mol. The topological polar surface area (TPSA) is 80.5 Å². The number of ether oxygens (including phenoxy) is 1. The molecule has 0 aliphatic carbocycles. The fraction of sp³-hybridized carbons (Fsp3) is 0.348. The van der Waals surface area contributed by atoms with Gasteiger partial charge in [0.2, 0.25) is 17.6 Å². The Morgan fingerprint density at radius 2 is 2.00 bits per heavy atom. The fourth-order valence-corrected chi connectivity index (χ4v) is 3.71. The number of nitrogens with zero attached hydrogens (tertiary/aromatic N) is 3. The van der Waals surface area contributed by atoms with E-state index < -0.39 is 0 Å². The van der Waals surface area contributed by atoms with Crippen LogP contribution in [-0.4, -0.2) is 41.1 Å². The Morgan fingerprint density at radius 1 is 1.20 bits per heavy atom. The molecule has 1 unspecified atom stereocenters. The van der Waals surface area contributed by atoms with Crippen LogP contribution in [0.3, 0.4) is 0 Å². The normalized spacial score (nSPS) is 16.9. The maximum atomic E-state index is 12.6. The van der Waals surface area contributed by atoms with Crippen LogP contribution in [0.15, 0.2) is 59.1 Å². The first-order chi connectivity index (χ1) is 14.7. The van der Waals surface area contributed by atoms with Crippen molar-refractivity contribution in [3.8, 4) is 17.1 Å². The van der Waals surface area contributed by atoms with Crippen molar-refractivity contribution in [1.29, 1.82) is 0 Å². The molecule has 30 heavy (non-hydrogen) atoms. The van der Waals surface area contributed by atoms with Gasteiger partial charge in [0, 0.05) is 18.7 Å². The third kappa shape index (κ3) is 5.04. The molecule has 2 heterocycles. The maximum Gasteiger partial charge on any atom is 0.241 e. The molecule has 1 fully saturated rings. The van der Waals surface area contributed by atoms with E-state index in [0.717, 1.165) is 36.3 Å². The number of hydrogen-bond donors (Lipinski definition) is 1. The number of methoxy groups -OCH3 is 1. The van der Waals surface area contributed by atoms with E-state index in [2.05, 4.69) is 20.4 Å². The van der Waals surface area contributed by atoms with E-state index in [4.69, 9.17) is 9.26 Å². The first-order valence-corrected chi connectivity index (χ1v) is 10.2. The SMILES string of the molecule is COc1ccc(-c2noc(CN3CCCC(C(=O)NCc4ccccc4)C3)n2)cc1. The zero-order chi connectivity index (χ0) is 20.8. The molecule has 1 aliphatic rings. The number of benzene rings is 2. The van der Waals surface area contributed by atoms with Crippen LogP contribution in [0.5, 0.6) is 5.75 Å². The second-order valence-electron chi connectivity index (χ2n) is 7.52. The van der Waals surface area contributed by atoms with Gasteiger partial charge in [-0.3, -0.25) is 9.69 Å². The van der Waals surface area contributed by atoms with Gasteiger partial charge >= 0.3 is 0 Å². The highest BCUT2D eigenvalue weighted by atomic mass is 16.5. The summed E-state index contributed by atoms with van der Waals surface area (Å²) in [5.74, 6) is 1.99. The van der Waals surface area contributed by atoms with E-state index in [-0.39, 0.29) is 11.8 Å². The van der Waals surface area contributed by atoms with Gasteiger partial charge in [0.25, 0.3) is 0 Å². The lowest BCUT2D eigenvalue weighted by atomic mass is 9.97. The van der Waals surface area contributed by atoms with Crippen LogP contribution >= 0.6 is 0 Å². The summed E-state index contributed by atoms with van der Waals surface area (Å²) < 4.78 is 10.6. The highest BCUT2D eigenvalue weighted by molar-refractivity contribution is 5.78. The van der Waals surface area contributed by atoms with Gasteiger partial charge in [-0.1, -0.05) is 35.5 Å². The number of piperidine rings is 1. The minimum Gasteiger partial charge on any atom is -0.497 e. The summed E-state index contributed by atoms with van der Waals surface area (Å²) in [6.07, 6.45) is 1.88. The van der Waals surface area contributed by atoms with E-state index in [1.54, 1.807) is 7.11 Å². The number of carbonyl (C=O) groups excluding carboxylic acids is 1. The molecule has 0 radical (unpaired) electrons. The van der Waals surface area contributed by atoms with Crippen LogP contribution in [0.1, 0.15) is 24.3 Å². The van der Waals surface area contributed by atoms with E-state index in [1.165, 1.54) is 0 Å². The fourth-order valence-electron chi connectivity index (χ4n) is 3.71. The molecule has 1 N–H and O–H groups in total. The van der Waals surface area contributed by atoms with Crippen molar-refractivity contribution in [3.05, 3.63) is 66.1 Å². The molecule has 4 rings (SSSR count). The summed E-state index contributed by atoms with van der Waals surface area (Å²) in [4.78, 5) is 19.3. The third-order valence-electron chi connectivity index (χ3n) is 5.36. The van der Waals surface area contributed by atoms with Crippen molar-refractivity contribution in [2.75, 3.05) is 20.2 Å². The summed E-state index contributed by atoms with van der Waals surface area (Å²) in [6.45, 7) is 2.72. The van der Waals surface area contributed by atoms with Gasteiger partial charge in [0.15, 0.2) is 0 Å². The van der Waals surface area contributed by atoms with Crippen molar-refractivity contribution in [2.24, 2.45) is 5.92 Å². The minimum atomic E-state index is -0.0218. The number of aromatic nitrogens is 2. The van der Waals surface area contributed by atoms with Gasteiger partial charge in [-0.25, -0.2) is 0 Å². The largest absolute Gasteiger partial charge is 0.497 e. The van der Waals surface area contributed by atoms with Gasteiger partial charge in [-0.2, -0.15) is 4.98 Å². The number of hydrogen-bond acceptors (Lipinski definition) is 6. The number of rotatable bonds is 7. The van der Waals surface area contributed by atoms with Crippen molar-refractivity contribution in [2.45, 2.75) is 25.9 Å². The van der Waals surface area contributed by atoms with E-state index >= 15 is 0 Å². The summed E-state index contributed by atoms with van der Waals surface area (Å²) in [7, 11) is 1.63. The van der Waals surface area contributed by atoms with Crippen molar-refractivity contribution in [3.63, 3.8) is 0 Å². The Labute approximate surface area is 176 Å². The zero-order valence-electron chi connectivity index (χ0n) is 17.1. The van der Waals surface area contributed by atoms with E-state index in [0.29, 0.717) is 31.3 Å². The quantitative estimate of drug-likeness (QED) is 0.649. The van der Waals surface area contributed by atoms with Crippen molar-refractivity contribution < 1.29 is 14.1 Å². The lowest BCUT2D eigenvalue weighted by Crippen LogP contribution is -2.42. The summed E-state index contributed by atoms with van der Waals surface area (Å²) in [6, 6.07) is 17.5. The van der Waals surface area contributed by atoms with Crippen LogP contribution in [0.2, 0.25) is 0 Å². The number of carbonyl (C=O) groups is 1. The maximum absolute atomic E-state index is 12.6. The molecule has 0 saturated carbocycles. The molecule has 2 aromatic carbocycles. The standard InChI is InChI=1S/C23H26N4O3/c1-29-20-11-9-18(10-12-20)22-25-21(30-26-22)16-27-13-5-8-19(15-27)23(28)24-14-17-6-3-2-4-7-17/h2-4,6-7,9-12,19H,5,8,13-16H2,1H3,(H,24,28). The molecule has 1 saturated heterocycles. The van der Waals surface area contributed by atoms with Gasteiger partial charge in [-0.05, 0) is 49.2 Å². The van der Waals surface area contributed by atoms with Gasteiger partial charge in [0.1, 0.15) is 5.75 Å². The van der Waals surface area contributed by atoms with Crippen molar-refractivity contribution >= 4 is 5.91 Å². The van der Waals surface area contributed by atoms with Gasteiger partial charge < -0.3 is 14.6 Å². The molecular formula is C23H26N4O3. The van der Waals surface area contributed by atoms with Crippen LogP contribution in [0.4, 0.5) is 0 Å². The first kappa shape index (κ1) is 20.1. The Kier molecular flexibility index (Phi) is 6.39. The summed E-state index contributed by atoms with van der Waals surface area (Å²) >= 11 is 0. The number of nitrogens with one attached hydrogen (secondary N) is 1. The Hall–Kier alpha value is -3.19. The monoisotopic (exact) mass is 406 g/mol. The number of likely N-dealkylation sites (tertiary alicyclic amines) is 1. The molecule has 7 heteroatoms. The molecule has 1 atom stereocenters. The molecule has 0 spiro atoms. The molecule has 156 valence electrons. The molecular weight excluding hydrogens is 380 g/mol. The highest BCUT2D eigenvalue weighted by Crippen LogP contribution is 2.22. The zero-order valence-corrected chi connectivity index (χ0v) is 17.1. The van der Waals surface area contributed by atoms with Gasteiger partial charge in [0.05, 0.1) is 19.6 Å². The minimum absolute atomic E-state index is 0.0218. The first-order valence-electron chi connectivity index (χ1n) is 10.2. The Balaban J connectivity index is 1.31. The average molecular weight is 406 g/mol. The second-order valence-corrected chi connectivity index (χ2v) is 7.52. The lowest BCUT2D eigenvalue weighted by Gasteiger charge is -2.30. The third-order valence-corrected chi connectivity index (χ3v) is 5.36. The summed E-state index contributed by atoms with van der Waals surface area (Å²) in [5.41, 5.74) is 1.98. The molecule has 1 amide bonds. The van der Waals surface area contributed by atoms with Gasteiger partial charge in [-0.15, -0.1) is 0 Å². The predicted octanol–water partition coefficient (Wildman–Crippen LogP) is 3.27. The van der Waals surface area contributed by atoms with Crippen LogP contribution in [0, 0.1) is 5.92 Å². The smallest absolute Gasteiger partial charge is 0.241 e. The average Bonchev–Trinajstić information content (AvgIpc) is 3.27. The molecule has 3 aromatic rings. The van der Waals surface area contributed by atoms with Crippen LogP contribution < -0.4 is 10.1 Å². The second kappa shape index (κ2) is 9.54. The lowest BCUT2D eigenvalue weighted by molar-refractivity contribution is -0.127. The molecule has 1 aromatic heterocycles. The Bertz CT molecular complexity index is 956. The van der Waals surface area contributed by atoms with Crippen LogP contribution in [0.25, 0.3) is 11.4 Å². The van der Waals surface area contributed by atoms with E-state index in [1.807, 2.05) is 54.6 Å².